The minimum Gasteiger partial charge on any atom is -0.326 e. The normalized spacial score (nSPS) is 14.5. The third-order valence-electron chi connectivity index (χ3n) is 3.27. The van der Waals surface area contributed by atoms with Crippen LogP contribution in [0.2, 0.25) is 0 Å². The van der Waals surface area contributed by atoms with Gasteiger partial charge < -0.3 is 5.73 Å². The van der Waals surface area contributed by atoms with Gasteiger partial charge >= 0.3 is 0 Å². The molecule has 19 heavy (non-hydrogen) atoms. The van der Waals surface area contributed by atoms with Crippen molar-refractivity contribution in [3.63, 3.8) is 0 Å². The zero-order chi connectivity index (χ0) is 13.7. The van der Waals surface area contributed by atoms with E-state index >= 15 is 0 Å². The molecule has 0 spiro atoms. The summed E-state index contributed by atoms with van der Waals surface area (Å²) >= 11 is 1.72. The summed E-state index contributed by atoms with van der Waals surface area (Å²) in [4.78, 5) is 6.79. The maximum Gasteiger partial charge on any atom is 0.0544 e. The standard InChI is InChI=1S/C15H21N3S/c1-3-18(10-14-6-4-5-8-17-14)15(12(2)16)13-7-9-19-11-13/h4-9,11-12,15H,3,10,16H2,1-2H3. The highest BCUT2D eigenvalue weighted by molar-refractivity contribution is 7.07. The van der Waals surface area contributed by atoms with Crippen LogP contribution in [0.3, 0.4) is 0 Å². The predicted molar refractivity (Wildman–Crippen MR) is 81.0 cm³/mol. The second-order valence-electron chi connectivity index (χ2n) is 4.74. The molecule has 2 rings (SSSR count). The summed E-state index contributed by atoms with van der Waals surface area (Å²) in [5, 5.41) is 4.30. The van der Waals surface area contributed by atoms with Crippen molar-refractivity contribution in [2.75, 3.05) is 6.54 Å². The molecular weight excluding hydrogens is 254 g/mol. The van der Waals surface area contributed by atoms with Crippen LogP contribution in [-0.4, -0.2) is 22.5 Å². The highest BCUT2D eigenvalue weighted by atomic mass is 32.1. The predicted octanol–water partition coefficient (Wildman–Crippen LogP) is 3.05. The third kappa shape index (κ3) is 3.62. The molecule has 0 aliphatic rings. The second-order valence-corrected chi connectivity index (χ2v) is 5.52. The first-order valence-corrected chi connectivity index (χ1v) is 7.58. The van der Waals surface area contributed by atoms with Crippen molar-refractivity contribution >= 4 is 11.3 Å². The van der Waals surface area contributed by atoms with E-state index in [0.29, 0.717) is 0 Å². The largest absolute Gasteiger partial charge is 0.326 e. The Balaban J connectivity index is 2.18. The van der Waals surface area contributed by atoms with Gasteiger partial charge in [-0.05, 0) is 48.0 Å². The Morgan fingerprint density at radius 2 is 2.21 bits per heavy atom. The Labute approximate surface area is 119 Å². The maximum absolute atomic E-state index is 6.20. The molecule has 2 aromatic heterocycles. The number of thiophene rings is 1. The summed E-state index contributed by atoms with van der Waals surface area (Å²) in [7, 11) is 0. The van der Waals surface area contributed by atoms with Gasteiger partial charge in [-0.2, -0.15) is 11.3 Å². The molecule has 0 aromatic carbocycles. The first-order chi connectivity index (χ1) is 9.22. The lowest BCUT2D eigenvalue weighted by Crippen LogP contribution is -2.39. The lowest BCUT2D eigenvalue weighted by molar-refractivity contribution is 0.175. The molecule has 0 aliphatic heterocycles. The number of pyridine rings is 1. The highest BCUT2D eigenvalue weighted by Crippen LogP contribution is 2.26. The lowest BCUT2D eigenvalue weighted by atomic mass is 10.0. The molecule has 2 atom stereocenters. The fourth-order valence-corrected chi connectivity index (χ4v) is 3.09. The first kappa shape index (κ1) is 14.2. The molecule has 2 N–H and O–H groups in total. The van der Waals surface area contributed by atoms with Gasteiger partial charge in [0.1, 0.15) is 0 Å². The molecule has 0 fully saturated rings. The van der Waals surface area contributed by atoms with E-state index in [1.807, 2.05) is 18.3 Å². The number of hydrogen-bond donors (Lipinski definition) is 1. The van der Waals surface area contributed by atoms with Gasteiger partial charge in [0.2, 0.25) is 0 Å². The van der Waals surface area contributed by atoms with Gasteiger partial charge in [-0.25, -0.2) is 0 Å². The molecule has 102 valence electrons. The van der Waals surface area contributed by atoms with Crippen LogP contribution < -0.4 is 5.73 Å². The molecule has 4 heteroatoms. The van der Waals surface area contributed by atoms with Crippen LogP contribution in [0.1, 0.15) is 31.1 Å². The average Bonchev–Trinajstić information content (AvgIpc) is 2.92. The van der Waals surface area contributed by atoms with E-state index in [1.54, 1.807) is 11.3 Å². The Hall–Kier alpha value is -1.23. The fourth-order valence-electron chi connectivity index (χ4n) is 2.40. The van der Waals surface area contributed by atoms with E-state index in [-0.39, 0.29) is 12.1 Å². The second kappa shape index (κ2) is 6.80. The van der Waals surface area contributed by atoms with Gasteiger partial charge in [0.05, 0.1) is 11.7 Å². The third-order valence-corrected chi connectivity index (χ3v) is 3.98. The molecule has 3 nitrogen and oxygen atoms in total. The van der Waals surface area contributed by atoms with Crippen molar-refractivity contribution in [1.82, 2.24) is 9.88 Å². The van der Waals surface area contributed by atoms with Crippen molar-refractivity contribution in [2.24, 2.45) is 5.73 Å². The van der Waals surface area contributed by atoms with Crippen molar-refractivity contribution in [1.29, 1.82) is 0 Å². The summed E-state index contributed by atoms with van der Waals surface area (Å²) < 4.78 is 0. The smallest absolute Gasteiger partial charge is 0.0544 e. The SMILES string of the molecule is CCN(Cc1ccccn1)C(c1ccsc1)C(C)N. The van der Waals surface area contributed by atoms with Gasteiger partial charge in [-0.3, -0.25) is 9.88 Å². The van der Waals surface area contributed by atoms with Crippen LogP contribution in [0.25, 0.3) is 0 Å². The van der Waals surface area contributed by atoms with Gasteiger partial charge in [0.15, 0.2) is 0 Å². The molecule has 2 aromatic rings. The van der Waals surface area contributed by atoms with E-state index in [2.05, 4.69) is 46.6 Å². The lowest BCUT2D eigenvalue weighted by Gasteiger charge is -2.33. The van der Waals surface area contributed by atoms with Gasteiger partial charge in [0, 0.05) is 18.8 Å². The van der Waals surface area contributed by atoms with Crippen molar-refractivity contribution in [3.8, 4) is 0 Å². The Kier molecular flexibility index (Phi) is 5.07. The van der Waals surface area contributed by atoms with Gasteiger partial charge in [-0.15, -0.1) is 0 Å². The quantitative estimate of drug-likeness (QED) is 0.881. The van der Waals surface area contributed by atoms with Crippen molar-refractivity contribution in [2.45, 2.75) is 32.5 Å². The number of rotatable bonds is 6. The van der Waals surface area contributed by atoms with Crippen molar-refractivity contribution < 1.29 is 0 Å². The number of nitrogens with zero attached hydrogens (tertiary/aromatic N) is 2. The molecule has 0 saturated carbocycles. The number of likely N-dealkylation sites (N-methyl/N-ethyl adjacent to an activating group) is 1. The van der Waals surface area contributed by atoms with Gasteiger partial charge in [-0.1, -0.05) is 13.0 Å². The van der Waals surface area contributed by atoms with E-state index in [0.717, 1.165) is 18.8 Å². The Morgan fingerprint density at radius 3 is 2.74 bits per heavy atom. The van der Waals surface area contributed by atoms with Crippen LogP contribution in [0.5, 0.6) is 0 Å². The monoisotopic (exact) mass is 275 g/mol. The minimum atomic E-state index is 0.0956. The zero-order valence-electron chi connectivity index (χ0n) is 11.5. The van der Waals surface area contributed by atoms with Crippen LogP contribution in [-0.2, 0) is 6.54 Å². The summed E-state index contributed by atoms with van der Waals surface area (Å²) in [6.45, 7) is 6.03. The van der Waals surface area contributed by atoms with E-state index < -0.39 is 0 Å². The summed E-state index contributed by atoms with van der Waals surface area (Å²) in [6, 6.07) is 8.55. The highest BCUT2D eigenvalue weighted by Gasteiger charge is 2.23. The van der Waals surface area contributed by atoms with Gasteiger partial charge in [0.25, 0.3) is 0 Å². The Morgan fingerprint density at radius 1 is 1.37 bits per heavy atom. The maximum atomic E-state index is 6.20. The Bertz CT molecular complexity index is 467. The van der Waals surface area contributed by atoms with Crippen LogP contribution in [0.4, 0.5) is 0 Å². The van der Waals surface area contributed by atoms with Crippen LogP contribution in [0.15, 0.2) is 41.2 Å². The molecule has 2 heterocycles. The van der Waals surface area contributed by atoms with Crippen LogP contribution >= 0.6 is 11.3 Å². The molecule has 0 amide bonds. The summed E-state index contributed by atoms with van der Waals surface area (Å²) in [5.74, 6) is 0. The molecule has 0 radical (unpaired) electrons. The molecule has 0 saturated heterocycles. The topological polar surface area (TPSA) is 42.2 Å². The molecule has 0 bridgehead atoms. The average molecular weight is 275 g/mol. The first-order valence-electron chi connectivity index (χ1n) is 6.64. The molecule has 0 aliphatic carbocycles. The molecule has 2 unspecified atom stereocenters. The summed E-state index contributed by atoms with van der Waals surface area (Å²) in [5.41, 5.74) is 8.59. The van der Waals surface area contributed by atoms with E-state index in [1.165, 1.54) is 5.56 Å². The fraction of sp³-hybridized carbons (Fsp3) is 0.400. The molecular formula is C15H21N3S. The van der Waals surface area contributed by atoms with E-state index in [9.17, 15) is 0 Å². The van der Waals surface area contributed by atoms with Crippen LogP contribution in [0, 0.1) is 0 Å². The number of nitrogens with two attached hydrogens (primary N) is 1. The number of aromatic nitrogens is 1. The van der Waals surface area contributed by atoms with Crippen molar-refractivity contribution in [3.05, 3.63) is 52.5 Å². The number of hydrogen-bond acceptors (Lipinski definition) is 4. The zero-order valence-corrected chi connectivity index (χ0v) is 12.3. The minimum absolute atomic E-state index is 0.0956. The summed E-state index contributed by atoms with van der Waals surface area (Å²) in [6.07, 6.45) is 1.84. The van der Waals surface area contributed by atoms with E-state index in [4.69, 9.17) is 5.73 Å².